The van der Waals surface area contributed by atoms with E-state index in [9.17, 15) is 18.4 Å². The summed E-state index contributed by atoms with van der Waals surface area (Å²) in [7, 11) is 2.98. The lowest BCUT2D eigenvalue weighted by Gasteiger charge is -2.12. The number of thioether (sulfide) groups is 1. The van der Waals surface area contributed by atoms with Crippen LogP contribution in [0.1, 0.15) is 17.7 Å². The first kappa shape index (κ1) is 20.7. The minimum Gasteiger partial charge on any atom is -0.497 e. The van der Waals surface area contributed by atoms with E-state index in [2.05, 4.69) is 15.3 Å². The van der Waals surface area contributed by atoms with Crippen LogP contribution in [0.5, 0.6) is 11.5 Å². The van der Waals surface area contributed by atoms with E-state index in [0.29, 0.717) is 22.9 Å². The van der Waals surface area contributed by atoms with Crippen molar-refractivity contribution in [1.29, 1.82) is 0 Å². The average Bonchev–Trinajstić information content (AvgIpc) is 2.60. The van der Waals surface area contributed by atoms with Crippen molar-refractivity contribution in [1.82, 2.24) is 9.97 Å². The van der Waals surface area contributed by atoms with Crippen molar-refractivity contribution in [3.63, 3.8) is 0 Å². The summed E-state index contributed by atoms with van der Waals surface area (Å²) in [6.07, 6.45) is 0.124. The number of hydrogen-bond acceptors (Lipinski definition) is 6. The number of rotatable bonds is 8. The lowest BCUT2D eigenvalue weighted by atomic mass is 10.1. The molecule has 1 heterocycles. The third-order valence-electron chi connectivity index (χ3n) is 3.68. The summed E-state index contributed by atoms with van der Waals surface area (Å²) in [5.41, 5.74) is 0.502. The Kier molecular flexibility index (Phi) is 7.17. The van der Waals surface area contributed by atoms with E-state index in [4.69, 9.17) is 9.47 Å². The smallest absolute Gasteiger partial charge is 0.291 e. The highest BCUT2D eigenvalue weighted by Gasteiger charge is 2.15. The zero-order valence-electron chi connectivity index (χ0n) is 15.0. The van der Waals surface area contributed by atoms with Gasteiger partial charge in [-0.05, 0) is 37.2 Å². The van der Waals surface area contributed by atoms with Crippen molar-refractivity contribution in [2.45, 2.75) is 30.7 Å². The number of aromatic nitrogens is 2. The molecule has 2 aromatic rings. The number of H-pyrrole nitrogens is 1. The van der Waals surface area contributed by atoms with E-state index in [0.717, 1.165) is 0 Å². The number of aryl methyl sites for hydroxylation is 1. The van der Waals surface area contributed by atoms with Crippen LogP contribution >= 0.6 is 11.8 Å². The largest absolute Gasteiger partial charge is 0.497 e. The molecule has 0 bridgehead atoms. The number of nitrogens with zero attached hydrogens (tertiary/aromatic N) is 1. The van der Waals surface area contributed by atoms with Gasteiger partial charge in [0.2, 0.25) is 5.91 Å². The molecule has 2 N–H and O–H groups in total. The lowest BCUT2D eigenvalue weighted by Crippen LogP contribution is -2.20. The average molecular weight is 399 g/mol. The molecular weight excluding hydrogens is 380 g/mol. The highest BCUT2D eigenvalue weighted by Crippen LogP contribution is 2.29. The number of anilines is 1. The standard InChI is InChI=1S/C17H19F2N3O4S/c1-9-11(15(24)22-17(20-9)27-16(18)19)5-7-14(23)21-12-8-10(25-2)4-6-13(12)26-3/h4,6,8,16H,5,7H2,1-3H3,(H,21,23)(H,20,22,24). The second-order valence-corrected chi connectivity index (χ2v) is 6.41. The third kappa shape index (κ3) is 5.68. The number of ether oxygens (including phenoxy) is 2. The molecule has 0 aliphatic heterocycles. The van der Waals surface area contributed by atoms with Gasteiger partial charge in [-0.25, -0.2) is 4.98 Å². The van der Waals surface area contributed by atoms with E-state index in [1.807, 2.05) is 0 Å². The molecule has 0 atom stereocenters. The number of benzene rings is 1. The maximum atomic E-state index is 12.4. The molecule has 0 radical (unpaired) electrons. The number of alkyl halides is 2. The maximum absolute atomic E-state index is 12.4. The van der Waals surface area contributed by atoms with E-state index >= 15 is 0 Å². The number of carbonyl (C=O) groups excluding carboxylic acids is 1. The Morgan fingerprint density at radius 1 is 1.33 bits per heavy atom. The zero-order chi connectivity index (χ0) is 20.0. The van der Waals surface area contributed by atoms with Gasteiger partial charge in [-0.15, -0.1) is 0 Å². The van der Waals surface area contributed by atoms with Crippen molar-refractivity contribution < 1.29 is 23.0 Å². The second-order valence-electron chi connectivity index (χ2n) is 5.43. The first-order valence-electron chi connectivity index (χ1n) is 7.90. The van der Waals surface area contributed by atoms with Crippen LogP contribution in [-0.2, 0) is 11.2 Å². The molecular formula is C17H19F2N3O4S. The zero-order valence-corrected chi connectivity index (χ0v) is 15.8. The molecule has 0 unspecified atom stereocenters. The molecule has 0 aliphatic carbocycles. The Morgan fingerprint density at radius 3 is 2.67 bits per heavy atom. The van der Waals surface area contributed by atoms with Crippen molar-refractivity contribution >= 4 is 23.4 Å². The first-order valence-corrected chi connectivity index (χ1v) is 8.78. The Morgan fingerprint density at radius 2 is 2.07 bits per heavy atom. The highest BCUT2D eigenvalue weighted by molar-refractivity contribution is 7.99. The minimum atomic E-state index is -2.68. The lowest BCUT2D eigenvalue weighted by molar-refractivity contribution is -0.116. The molecule has 1 aromatic carbocycles. The molecule has 146 valence electrons. The molecule has 0 spiro atoms. The van der Waals surface area contributed by atoms with E-state index in [-0.39, 0.29) is 41.2 Å². The molecule has 7 nitrogen and oxygen atoms in total. The summed E-state index contributed by atoms with van der Waals surface area (Å²) in [5.74, 6) is -2.00. The molecule has 0 saturated heterocycles. The molecule has 1 amide bonds. The number of hydrogen-bond donors (Lipinski definition) is 2. The first-order chi connectivity index (χ1) is 12.8. The van der Waals surface area contributed by atoms with Crippen LogP contribution in [0, 0.1) is 6.92 Å². The van der Waals surface area contributed by atoms with Crippen LogP contribution in [0.3, 0.4) is 0 Å². The number of carbonyl (C=O) groups is 1. The number of aromatic amines is 1. The van der Waals surface area contributed by atoms with E-state index < -0.39 is 11.3 Å². The van der Waals surface area contributed by atoms with Gasteiger partial charge in [0.25, 0.3) is 11.3 Å². The molecule has 10 heteroatoms. The summed E-state index contributed by atoms with van der Waals surface area (Å²) in [6, 6.07) is 4.97. The van der Waals surface area contributed by atoms with Gasteiger partial charge in [-0.2, -0.15) is 8.78 Å². The number of halogens is 2. The van der Waals surface area contributed by atoms with Crippen LogP contribution in [0.4, 0.5) is 14.5 Å². The predicted octanol–water partition coefficient (Wildman–Crippen LogP) is 2.98. The summed E-state index contributed by atoms with van der Waals surface area (Å²) >= 11 is 0.164. The van der Waals surface area contributed by atoms with Gasteiger partial charge in [-0.3, -0.25) is 9.59 Å². The van der Waals surface area contributed by atoms with Crippen molar-refractivity contribution in [2.24, 2.45) is 0 Å². The van der Waals surface area contributed by atoms with Gasteiger partial charge in [-0.1, -0.05) is 0 Å². The van der Waals surface area contributed by atoms with Gasteiger partial charge >= 0.3 is 0 Å². The fraction of sp³-hybridized carbons (Fsp3) is 0.353. The Bertz CT molecular complexity index is 874. The summed E-state index contributed by atoms with van der Waals surface area (Å²) in [6.45, 7) is 1.54. The topological polar surface area (TPSA) is 93.3 Å². The number of amides is 1. The highest BCUT2D eigenvalue weighted by atomic mass is 32.2. The quantitative estimate of drug-likeness (QED) is 0.524. The number of methoxy groups -OCH3 is 2. The molecule has 1 aromatic heterocycles. The van der Waals surface area contributed by atoms with Crippen LogP contribution in [0.25, 0.3) is 0 Å². The van der Waals surface area contributed by atoms with Gasteiger partial charge in [0, 0.05) is 23.7 Å². The van der Waals surface area contributed by atoms with Gasteiger partial charge < -0.3 is 19.8 Å². The molecule has 0 saturated carbocycles. The fourth-order valence-corrected chi connectivity index (χ4v) is 2.89. The summed E-state index contributed by atoms with van der Waals surface area (Å²) in [5, 5.41) is 2.55. The molecule has 0 aliphatic rings. The maximum Gasteiger partial charge on any atom is 0.291 e. The van der Waals surface area contributed by atoms with Crippen LogP contribution in [0.15, 0.2) is 28.2 Å². The van der Waals surface area contributed by atoms with E-state index in [1.54, 1.807) is 25.1 Å². The molecule has 2 rings (SSSR count). The SMILES string of the molecule is COc1ccc(OC)c(NC(=O)CCc2c(C)nc(SC(F)F)[nH]c2=O)c1. The Labute approximate surface area is 158 Å². The molecule has 0 fully saturated rings. The number of nitrogens with one attached hydrogen (secondary N) is 2. The van der Waals surface area contributed by atoms with Crippen molar-refractivity contribution in [3.8, 4) is 11.5 Å². The Balaban J connectivity index is 2.07. The Hall–Kier alpha value is -2.62. The van der Waals surface area contributed by atoms with Gasteiger partial charge in [0.05, 0.1) is 19.9 Å². The fourth-order valence-electron chi connectivity index (χ4n) is 2.38. The van der Waals surface area contributed by atoms with Crippen LogP contribution < -0.4 is 20.3 Å². The van der Waals surface area contributed by atoms with Gasteiger partial charge in [0.1, 0.15) is 11.5 Å². The van der Waals surface area contributed by atoms with Crippen molar-refractivity contribution in [2.75, 3.05) is 19.5 Å². The third-order valence-corrected chi connectivity index (χ3v) is 4.28. The minimum absolute atomic E-state index is 0.00724. The molecule has 27 heavy (non-hydrogen) atoms. The van der Waals surface area contributed by atoms with E-state index in [1.165, 1.54) is 14.2 Å². The second kappa shape index (κ2) is 9.36. The monoisotopic (exact) mass is 399 g/mol. The normalized spacial score (nSPS) is 10.7. The van der Waals surface area contributed by atoms with Crippen LogP contribution in [-0.4, -0.2) is 35.9 Å². The van der Waals surface area contributed by atoms with Crippen molar-refractivity contribution in [3.05, 3.63) is 39.8 Å². The predicted molar refractivity (Wildman–Crippen MR) is 98.0 cm³/mol. The van der Waals surface area contributed by atoms with Crippen LogP contribution in [0.2, 0.25) is 0 Å². The van der Waals surface area contributed by atoms with Gasteiger partial charge in [0.15, 0.2) is 5.16 Å². The summed E-state index contributed by atoms with van der Waals surface area (Å²) < 4.78 is 35.1. The summed E-state index contributed by atoms with van der Waals surface area (Å²) in [4.78, 5) is 30.6.